The Balaban J connectivity index is 2.62. The van der Waals surface area contributed by atoms with Crippen LogP contribution in [0.15, 0.2) is 24.3 Å². The number of carbonyl (C=O) groups excluding carboxylic acids is 1. The highest BCUT2D eigenvalue weighted by molar-refractivity contribution is 5.78. The van der Waals surface area contributed by atoms with E-state index in [1.54, 1.807) is 0 Å². The van der Waals surface area contributed by atoms with Gasteiger partial charge in [0.1, 0.15) is 11.5 Å². The minimum atomic E-state index is 0.584. The summed E-state index contributed by atoms with van der Waals surface area (Å²) < 4.78 is 13.3. The maximum Gasteiger partial charge on any atom is 0.151 e. The molecule has 4 heteroatoms. The van der Waals surface area contributed by atoms with E-state index in [4.69, 9.17) is 9.47 Å². The van der Waals surface area contributed by atoms with Gasteiger partial charge in [0.25, 0.3) is 0 Å². The van der Waals surface area contributed by atoms with Crippen molar-refractivity contribution in [3.05, 3.63) is 41.2 Å². The molecule has 0 amide bonds. The first kappa shape index (κ1) is 15.2. The zero-order chi connectivity index (χ0) is 15.4. The van der Waals surface area contributed by atoms with Gasteiger partial charge in [-0.2, -0.15) is 0 Å². The molecule has 0 aliphatic heterocycles. The number of aryl methyl sites for hydroxylation is 1. The van der Waals surface area contributed by atoms with Crippen LogP contribution >= 0.6 is 0 Å². The smallest absolute Gasteiger partial charge is 0.151 e. The minimum Gasteiger partial charge on any atom is -0.494 e. The fraction of sp³-hybridized carbons (Fsp3) is 0.353. The highest BCUT2D eigenvalue weighted by atomic mass is 16.5. The Bertz CT molecular complexity index is 644. The van der Waals surface area contributed by atoms with E-state index < -0.39 is 0 Å². The average Bonchev–Trinajstić information content (AvgIpc) is 2.75. The SMILES string of the molecule is CCOc1ccc(OCC)c(-n2c(C)cc(C=O)c2C)c1. The molecule has 2 rings (SSSR count). The molecule has 0 fully saturated rings. The number of hydrogen-bond donors (Lipinski definition) is 0. The quantitative estimate of drug-likeness (QED) is 0.760. The van der Waals surface area contributed by atoms with Crippen LogP contribution in [-0.4, -0.2) is 24.1 Å². The zero-order valence-electron chi connectivity index (χ0n) is 13.0. The molecule has 21 heavy (non-hydrogen) atoms. The van der Waals surface area contributed by atoms with E-state index in [2.05, 4.69) is 0 Å². The van der Waals surface area contributed by atoms with Crippen LogP contribution in [0, 0.1) is 13.8 Å². The molecule has 0 N–H and O–H groups in total. The maximum atomic E-state index is 11.1. The van der Waals surface area contributed by atoms with E-state index in [9.17, 15) is 4.79 Å². The first-order valence-corrected chi connectivity index (χ1v) is 7.16. The second-order valence-corrected chi connectivity index (χ2v) is 4.78. The zero-order valence-corrected chi connectivity index (χ0v) is 13.0. The van der Waals surface area contributed by atoms with Gasteiger partial charge in [-0.15, -0.1) is 0 Å². The van der Waals surface area contributed by atoms with Crippen LogP contribution in [0.5, 0.6) is 11.5 Å². The highest BCUT2D eigenvalue weighted by Crippen LogP contribution is 2.31. The number of benzene rings is 1. The summed E-state index contributed by atoms with van der Waals surface area (Å²) in [7, 11) is 0. The van der Waals surface area contributed by atoms with Crippen molar-refractivity contribution in [2.24, 2.45) is 0 Å². The predicted octanol–water partition coefficient (Wildman–Crippen LogP) is 3.70. The monoisotopic (exact) mass is 287 g/mol. The number of nitrogens with zero attached hydrogens (tertiary/aromatic N) is 1. The van der Waals surface area contributed by atoms with Crippen molar-refractivity contribution in [1.82, 2.24) is 4.57 Å². The van der Waals surface area contributed by atoms with Crippen LogP contribution in [0.25, 0.3) is 5.69 Å². The van der Waals surface area contributed by atoms with E-state index in [0.717, 1.165) is 34.9 Å². The van der Waals surface area contributed by atoms with E-state index in [1.165, 1.54) is 0 Å². The van der Waals surface area contributed by atoms with E-state index in [1.807, 2.05) is 56.5 Å². The van der Waals surface area contributed by atoms with Crippen LogP contribution in [-0.2, 0) is 0 Å². The molecule has 0 atom stereocenters. The Kier molecular flexibility index (Phi) is 4.68. The van der Waals surface area contributed by atoms with Crippen LogP contribution in [0.1, 0.15) is 35.6 Å². The summed E-state index contributed by atoms with van der Waals surface area (Å²) in [6.45, 7) is 9.00. The third-order valence-corrected chi connectivity index (χ3v) is 3.38. The van der Waals surface area contributed by atoms with E-state index >= 15 is 0 Å². The topological polar surface area (TPSA) is 40.5 Å². The third-order valence-electron chi connectivity index (χ3n) is 3.38. The number of carbonyl (C=O) groups is 1. The molecule has 4 nitrogen and oxygen atoms in total. The third kappa shape index (κ3) is 2.94. The van der Waals surface area contributed by atoms with E-state index in [-0.39, 0.29) is 0 Å². The number of hydrogen-bond acceptors (Lipinski definition) is 3. The highest BCUT2D eigenvalue weighted by Gasteiger charge is 2.15. The van der Waals surface area contributed by atoms with Crippen LogP contribution in [0.3, 0.4) is 0 Å². The van der Waals surface area contributed by atoms with Crippen LogP contribution in [0.4, 0.5) is 0 Å². The van der Waals surface area contributed by atoms with Gasteiger partial charge in [-0.1, -0.05) is 0 Å². The molecule has 0 saturated heterocycles. The second-order valence-electron chi connectivity index (χ2n) is 4.78. The summed E-state index contributed by atoms with van der Waals surface area (Å²) >= 11 is 0. The second kappa shape index (κ2) is 6.48. The summed E-state index contributed by atoms with van der Waals surface area (Å²) in [5, 5.41) is 0. The summed E-state index contributed by atoms with van der Waals surface area (Å²) in [5.74, 6) is 1.57. The van der Waals surface area contributed by atoms with Crippen molar-refractivity contribution >= 4 is 6.29 Å². The summed E-state index contributed by atoms with van der Waals surface area (Å²) in [4.78, 5) is 11.1. The summed E-state index contributed by atoms with van der Waals surface area (Å²) in [6.07, 6.45) is 0.881. The molecule has 0 bridgehead atoms. The van der Waals surface area contributed by atoms with Gasteiger partial charge in [0.15, 0.2) is 6.29 Å². The van der Waals surface area contributed by atoms with Gasteiger partial charge in [0, 0.05) is 23.0 Å². The minimum absolute atomic E-state index is 0.584. The predicted molar refractivity (Wildman–Crippen MR) is 83.0 cm³/mol. The van der Waals surface area contributed by atoms with Gasteiger partial charge in [0.2, 0.25) is 0 Å². The Morgan fingerprint density at radius 3 is 2.38 bits per heavy atom. The molecule has 0 spiro atoms. The van der Waals surface area contributed by atoms with Gasteiger partial charge in [0.05, 0.1) is 18.9 Å². The molecule has 0 saturated carbocycles. The molecule has 0 radical (unpaired) electrons. The Labute approximate surface area is 125 Å². The van der Waals surface area contributed by atoms with Crippen LogP contribution < -0.4 is 9.47 Å². The van der Waals surface area contributed by atoms with Crippen molar-refractivity contribution in [1.29, 1.82) is 0 Å². The Morgan fingerprint density at radius 1 is 1.10 bits per heavy atom. The van der Waals surface area contributed by atoms with Gasteiger partial charge in [-0.3, -0.25) is 4.79 Å². The van der Waals surface area contributed by atoms with Crippen molar-refractivity contribution in [2.75, 3.05) is 13.2 Å². The van der Waals surface area contributed by atoms with Gasteiger partial charge in [-0.05, 0) is 45.9 Å². The first-order valence-electron chi connectivity index (χ1n) is 7.16. The van der Waals surface area contributed by atoms with Gasteiger partial charge in [-0.25, -0.2) is 0 Å². The molecule has 0 aliphatic carbocycles. The molecule has 0 unspecified atom stereocenters. The molecular formula is C17H21NO3. The lowest BCUT2D eigenvalue weighted by Crippen LogP contribution is -2.05. The maximum absolute atomic E-state index is 11.1. The normalized spacial score (nSPS) is 10.5. The molecule has 1 aromatic carbocycles. The number of ether oxygens (including phenoxy) is 2. The van der Waals surface area contributed by atoms with Crippen LogP contribution in [0.2, 0.25) is 0 Å². The Morgan fingerprint density at radius 2 is 1.81 bits per heavy atom. The van der Waals surface area contributed by atoms with Crippen molar-refractivity contribution in [3.63, 3.8) is 0 Å². The van der Waals surface area contributed by atoms with Crippen molar-refractivity contribution in [2.45, 2.75) is 27.7 Å². The first-order chi connectivity index (χ1) is 10.1. The standard InChI is InChI=1S/C17H21NO3/c1-5-20-15-7-8-17(21-6-2)16(10-15)18-12(3)9-14(11-19)13(18)4/h7-11H,5-6H2,1-4H3. The van der Waals surface area contributed by atoms with Gasteiger partial charge >= 0.3 is 0 Å². The lowest BCUT2D eigenvalue weighted by Gasteiger charge is -2.16. The van der Waals surface area contributed by atoms with Gasteiger partial charge < -0.3 is 14.0 Å². The number of aldehydes is 1. The lowest BCUT2D eigenvalue weighted by atomic mass is 10.2. The molecule has 112 valence electrons. The molecule has 1 heterocycles. The fourth-order valence-corrected chi connectivity index (χ4v) is 2.48. The summed E-state index contributed by atoms with van der Waals surface area (Å²) in [6, 6.07) is 7.63. The van der Waals surface area contributed by atoms with E-state index in [0.29, 0.717) is 18.8 Å². The summed E-state index contributed by atoms with van der Waals surface area (Å²) in [5.41, 5.74) is 3.48. The molecular weight excluding hydrogens is 266 g/mol. The molecule has 2 aromatic rings. The largest absolute Gasteiger partial charge is 0.494 e. The number of aromatic nitrogens is 1. The average molecular weight is 287 g/mol. The fourth-order valence-electron chi connectivity index (χ4n) is 2.48. The van der Waals surface area contributed by atoms with Crippen molar-refractivity contribution in [3.8, 4) is 17.2 Å². The Hall–Kier alpha value is -2.23. The van der Waals surface area contributed by atoms with Crippen molar-refractivity contribution < 1.29 is 14.3 Å². The lowest BCUT2D eigenvalue weighted by molar-refractivity contribution is 0.112. The number of rotatable bonds is 6. The molecule has 1 aromatic heterocycles. The molecule has 0 aliphatic rings.